The fourth-order valence-electron chi connectivity index (χ4n) is 3.10. The number of carboxylic acid groups (broad SMARTS) is 1. The van der Waals surface area contributed by atoms with E-state index >= 15 is 0 Å². The molecule has 1 aliphatic rings. The van der Waals surface area contributed by atoms with Gasteiger partial charge in [0.2, 0.25) is 5.91 Å². The summed E-state index contributed by atoms with van der Waals surface area (Å²) in [6.07, 6.45) is 4.94. The summed E-state index contributed by atoms with van der Waals surface area (Å²) >= 11 is 0. The van der Waals surface area contributed by atoms with E-state index in [-0.39, 0.29) is 18.7 Å². The maximum atomic E-state index is 11.6. The van der Waals surface area contributed by atoms with Crippen molar-refractivity contribution in [3.8, 4) is 0 Å². The van der Waals surface area contributed by atoms with Gasteiger partial charge in [-0.2, -0.15) is 0 Å². The van der Waals surface area contributed by atoms with Gasteiger partial charge in [0.1, 0.15) is 0 Å². The predicted octanol–water partition coefficient (Wildman–Crippen LogP) is 3.25. The van der Waals surface area contributed by atoms with Gasteiger partial charge in [0, 0.05) is 24.7 Å². The van der Waals surface area contributed by atoms with E-state index in [0.29, 0.717) is 6.04 Å². The maximum absolute atomic E-state index is 11.6. The first kappa shape index (κ1) is 17.5. The molecule has 23 heavy (non-hydrogen) atoms. The molecule has 1 unspecified atom stereocenters. The van der Waals surface area contributed by atoms with Crippen molar-refractivity contribution in [1.29, 1.82) is 0 Å². The molecule has 0 spiro atoms. The molecule has 0 bridgehead atoms. The summed E-state index contributed by atoms with van der Waals surface area (Å²) in [5, 5.41) is 11.3. The summed E-state index contributed by atoms with van der Waals surface area (Å²) in [4.78, 5) is 24.6. The molecule has 2 N–H and O–H groups in total. The summed E-state index contributed by atoms with van der Waals surface area (Å²) in [6.45, 7) is 4.36. The fraction of sp³-hybridized carbons (Fsp3) is 0.556. The van der Waals surface area contributed by atoms with Gasteiger partial charge in [-0.05, 0) is 43.5 Å². The zero-order chi connectivity index (χ0) is 16.7. The Balaban J connectivity index is 1.86. The lowest BCUT2D eigenvalue weighted by Crippen LogP contribution is -2.38. The molecule has 0 radical (unpaired) electrons. The number of carboxylic acids is 1. The van der Waals surface area contributed by atoms with Gasteiger partial charge in [0.15, 0.2) is 0 Å². The number of carbonyl (C=O) groups excluding carboxylic acids is 1. The number of carbonyl (C=O) groups is 2. The van der Waals surface area contributed by atoms with Gasteiger partial charge in [-0.25, -0.2) is 0 Å². The highest BCUT2D eigenvalue weighted by molar-refractivity contribution is 5.92. The molecular weight excluding hydrogens is 292 g/mol. The number of likely N-dealkylation sites (tertiary alicyclic amines) is 1. The standard InChI is InChI=1S/C18H26N2O3/c1-2-16-5-3-4-12-20(16)13-14-6-8-15(9-7-14)19-17(21)10-11-18(22)23/h6-9,16H,2-5,10-13H2,1H3,(H,19,21)(H,22,23). The second kappa shape index (κ2) is 8.67. The molecule has 1 amide bonds. The minimum atomic E-state index is -0.956. The highest BCUT2D eigenvalue weighted by atomic mass is 16.4. The van der Waals surface area contributed by atoms with Crippen molar-refractivity contribution in [1.82, 2.24) is 4.90 Å². The Kier molecular flexibility index (Phi) is 6.59. The van der Waals surface area contributed by atoms with Crippen molar-refractivity contribution < 1.29 is 14.7 Å². The number of aliphatic carboxylic acids is 1. The van der Waals surface area contributed by atoms with Crippen molar-refractivity contribution >= 4 is 17.6 Å². The SMILES string of the molecule is CCC1CCCCN1Cc1ccc(NC(=O)CCC(=O)O)cc1. The lowest BCUT2D eigenvalue weighted by Gasteiger charge is -2.35. The third-order valence-electron chi connectivity index (χ3n) is 4.41. The van der Waals surface area contributed by atoms with Crippen molar-refractivity contribution in [2.75, 3.05) is 11.9 Å². The Morgan fingerprint density at radius 3 is 2.61 bits per heavy atom. The van der Waals surface area contributed by atoms with Crippen LogP contribution in [0.15, 0.2) is 24.3 Å². The molecule has 0 aromatic heterocycles. The van der Waals surface area contributed by atoms with E-state index in [0.717, 1.165) is 18.8 Å². The van der Waals surface area contributed by atoms with E-state index in [1.807, 2.05) is 24.3 Å². The lowest BCUT2D eigenvalue weighted by atomic mass is 9.99. The van der Waals surface area contributed by atoms with E-state index in [2.05, 4.69) is 17.1 Å². The number of hydrogen-bond donors (Lipinski definition) is 2. The molecular formula is C18H26N2O3. The number of hydrogen-bond acceptors (Lipinski definition) is 3. The van der Waals surface area contributed by atoms with Crippen LogP contribution < -0.4 is 5.32 Å². The number of nitrogens with one attached hydrogen (secondary N) is 1. The number of anilines is 1. The molecule has 1 aliphatic heterocycles. The number of amides is 1. The van der Waals surface area contributed by atoms with Gasteiger partial charge in [-0.1, -0.05) is 25.5 Å². The molecule has 1 atom stereocenters. The zero-order valence-electron chi connectivity index (χ0n) is 13.8. The Morgan fingerprint density at radius 2 is 1.96 bits per heavy atom. The van der Waals surface area contributed by atoms with E-state index in [4.69, 9.17) is 5.11 Å². The number of rotatable bonds is 7. The Labute approximate surface area is 137 Å². The van der Waals surface area contributed by atoms with Crippen LogP contribution in [0.25, 0.3) is 0 Å². The third kappa shape index (κ3) is 5.67. The van der Waals surface area contributed by atoms with Crippen LogP contribution in [-0.4, -0.2) is 34.5 Å². The molecule has 1 saturated heterocycles. The molecule has 0 saturated carbocycles. The van der Waals surface area contributed by atoms with Crippen LogP contribution in [0.4, 0.5) is 5.69 Å². The molecule has 2 rings (SSSR count). The normalized spacial score (nSPS) is 18.6. The average molecular weight is 318 g/mol. The fourth-order valence-corrected chi connectivity index (χ4v) is 3.10. The summed E-state index contributed by atoms with van der Waals surface area (Å²) in [7, 11) is 0. The van der Waals surface area contributed by atoms with Crippen LogP contribution in [0.2, 0.25) is 0 Å². The molecule has 1 fully saturated rings. The van der Waals surface area contributed by atoms with Gasteiger partial charge in [-0.15, -0.1) is 0 Å². The monoisotopic (exact) mass is 318 g/mol. The zero-order valence-corrected chi connectivity index (χ0v) is 13.8. The van der Waals surface area contributed by atoms with Gasteiger partial charge in [-0.3, -0.25) is 14.5 Å². The quantitative estimate of drug-likeness (QED) is 0.809. The average Bonchev–Trinajstić information content (AvgIpc) is 2.55. The summed E-state index contributed by atoms with van der Waals surface area (Å²) in [6, 6.07) is 8.53. The third-order valence-corrected chi connectivity index (χ3v) is 4.41. The van der Waals surface area contributed by atoms with Crippen molar-refractivity contribution in [2.45, 2.75) is 58.0 Å². The second-order valence-corrected chi connectivity index (χ2v) is 6.17. The van der Waals surface area contributed by atoms with E-state index in [1.165, 1.54) is 31.2 Å². The van der Waals surface area contributed by atoms with Gasteiger partial charge >= 0.3 is 5.97 Å². The first-order valence-electron chi connectivity index (χ1n) is 8.43. The van der Waals surface area contributed by atoms with Crippen LogP contribution in [0.3, 0.4) is 0 Å². The molecule has 5 heteroatoms. The molecule has 0 aliphatic carbocycles. The van der Waals surface area contributed by atoms with Crippen LogP contribution >= 0.6 is 0 Å². The molecule has 1 aromatic carbocycles. The minimum Gasteiger partial charge on any atom is -0.481 e. The van der Waals surface area contributed by atoms with Gasteiger partial charge < -0.3 is 10.4 Å². The summed E-state index contributed by atoms with van der Waals surface area (Å²) in [5.41, 5.74) is 1.96. The van der Waals surface area contributed by atoms with Crippen molar-refractivity contribution in [3.63, 3.8) is 0 Å². The van der Waals surface area contributed by atoms with Crippen LogP contribution in [-0.2, 0) is 16.1 Å². The minimum absolute atomic E-state index is 0.00302. The smallest absolute Gasteiger partial charge is 0.303 e. The first-order valence-corrected chi connectivity index (χ1v) is 8.43. The summed E-state index contributed by atoms with van der Waals surface area (Å²) in [5.74, 6) is -1.22. The van der Waals surface area contributed by atoms with E-state index < -0.39 is 5.97 Å². The highest BCUT2D eigenvalue weighted by Gasteiger charge is 2.20. The molecule has 1 aromatic rings. The van der Waals surface area contributed by atoms with Crippen molar-refractivity contribution in [3.05, 3.63) is 29.8 Å². The summed E-state index contributed by atoms with van der Waals surface area (Å²) < 4.78 is 0. The highest BCUT2D eigenvalue weighted by Crippen LogP contribution is 2.22. The topological polar surface area (TPSA) is 69.6 Å². The van der Waals surface area contributed by atoms with Gasteiger partial charge in [0.05, 0.1) is 6.42 Å². The number of nitrogens with zero attached hydrogens (tertiary/aromatic N) is 1. The van der Waals surface area contributed by atoms with Crippen LogP contribution in [0.5, 0.6) is 0 Å². The van der Waals surface area contributed by atoms with Gasteiger partial charge in [0.25, 0.3) is 0 Å². The Morgan fingerprint density at radius 1 is 1.22 bits per heavy atom. The van der Waals surface area contributed by atoms with Crippen LogP contribution in [0.1, 0.15) is 51.0 Å². The molecule has 5 nitrogen and oxygen atoms in total. The number of benzene rings is 1. The van der Waals surface area contributed by atoms with Crippen LogP contribution in [0, 0.1) is 0 Å². The Bertz CT molecular complexity index is 528. The molecule has 126 valence electrons. The largest absolute Gasteiger partial charge is 0.481 e. The first-order chi connectivity index (χ1) is 11.1. The Hall–Kier alpha value is -1.88. The maximum Gasteiger partial charge on any atom is 0.303 e. The lowest BCUT2D eigenvalue weighted by molar-refractivity contribution is -0.138. The predicted molar refractivity (Wildman–Crippen MR) is 90.3 cm³/mol. The van der Waals surface area contributed by atoms with Crippen molar-refractivity contribution in [2.24, 2.45) is 0 Å². The molecule has 1 heterocycles. The number of piperidine rings is 1. The van der Waals surface area contributed by atoms with E-state index in [9.17, 15) is 9.59 Å². The second-order valence-electron chi connectivity index (χ2n) is 6.17. The van der Waals surface area contributed by atoms with E-state index in [1.54, 1.807) is 0 Å².